The van der Waals surface area contributed by atoms with Crippen molar-refractivity contribution in [3.8, 4) is 11.5 Å². The zero-order valence-electron chi connectivity index (χ0n) is 17.3. The predicted octanol–water partition coefficient (Wildman–Crippen LogP) is 2.74. The Hall–Kier alpha value is -2.91. The van der Waals surface area contributed by atoms with Crippen molar-refractivity contribution in [1.29, 1.82) is 0 Å². The molecule has 3 aromatic rings. The minimum absolute atomic E-state index is 0.144. The molecule has 1 N–H and O–H groups in total. The smallest absolute Gasteiger partial charge is 0.188 e. The summed E-state index contributed by atoms with van der Waals surface area (Å²) >= 11 is 0. The van der Waals surface area contributed by atoms with Gasteiger partial charge in [0.15, 0.2) is 25.0 Å². The van der Waals surface area contributed by atoms with E-state index >= 15 is 0 Å². The van der Waals surface area contributed by atoms with Gasteiger partial charge in [-0.1, -0.05) is 24.3 Å². The molecular weight excluding hydrogens is 388 g/mol. The summed E-state index contributed by atoms with van der Waals surface area (Å²) in [5, 5.41) is 12.0. The van der Waals surface area contributed by atoms with Crippen molar-refractivity contribution in [2.24, 2.45) is 0 Å². The summed E-state index contributed by atoms with van der Waals surface area (Å²) in [6.07, 6.45) is 3.39. The maximum atomic E-state index is 12.0. The number of methoxy groups -OCH3 is 3. The molecule has 0 unspecified atom stereocenters. The van der Waals surface area contributed by atoms with E-state index in [2.05, 4.69) is 4.98 Å². The SMILES string of the molecule is COCOc1ccc(C(O)(c2ccc(OCOC)cc2)c2nccn2COC)cc1. The van der Waals surface area contributed by atoms with E-state index in [1.807, 2.05) is 0 Å². The van der Waals surface area contributed by atoms with Crippen LogP contribution < -0.4 is 9.47 Å². The highest BCUT2D eigenvalue weighted by Gasteiger charge is 2.38. The second-order valence-electron chi connectivity index (χ2n) is 6.50. The molecule has 0 aliphatic rings. The standard InChI is InChI=1S/C22H26N2O6/c1-26-14-24-13-12-23-21(24)22(25,17-4-8-19(9-5-17)29-15-27-2)18-6-10-20(11-7-18)30-16-28-3/h4-13,25H,14-16H2,1-3H3. The summed E-state index contributed by atoms with van der Waals surface area (Å²) < 4.78 is 27.8. The van der Waals surface area contributed by atoms with Gasteiger partial charge in [0.2, 0.25) is 0 Å². The predicted molar refractivity (Wildman–Crippen MR) is 109 cm³/mol. The fourth-order valence-corrected chi connectivity index (χ4v) is 3.14. The van der Waals surface area contributed by atoms with Crippen molar-refractivity contribution in [3.63, 3.8) is 0 Å². The fourth-order valence-electron chi connectivity index (χ4n) is 3.14. The van der Waals surface area contributed by atoms with Gasteiger partial charge in [0.05, 0.1) is 0 Å². The summed E-state index contributed by atoms with van der Waals surface area (Å²) in [5.41, 5.74) is -0.274. The van der Waals surface area contributed by atoms with Crippen molar-refractivity contribution in [3.05, 3.63) is 77.9 Å². The second kappa shape index (κ2) is 10.2. The molecule has 1 heterocycles. The number of hydrogen-bond acceptors (Lipinski definition) is 7. The Balaban J connectivity index is 2.03. The lowest BCUT2D eigenvalue weighted by molar-refractivity contribution is 0.0509. The molecule has 0 amide bonds. The molecule has 0 aliphatic carbocycles. The molecule has 0 aliphatic heterocycles. The van der Waals surface area contributed by atoms with E-state index in [0.717, 1.165) is 0 Å². The van der Waals surface area contributed by atoms with E-state index < -0.39 is 5.60 Å². The van der Waals surface area contributed by atoms with Crippen LogP contribution >= 0.6 is 0 Å². The first-order chi connectivity index (χ1) is 14.6. The maximum Gasteiger partial charge on any atom is 0.188 e. The first-order valence-corrected chi connectivity index (χ1v) is 9.31. The first kappa shape index (κ1) is 21.8. The monoisotopic (exact) mass is 414 g/mol. The van der Waals surface area contributed by atoms with Gasteiger partial charge in [0, 0.05) is 33.7 Å². The number of benzene rings is 2. The normalized spacial score (nSPS) is 11.5. The van der Waals surface area contributed by atoms with Crippen LogP contribution in [0.25, 0.3) is 0 Å². The van der Waals surface area contributed by atoms with Gasteiger partial charge in [-0.3, -0.25) is 0 Å². The van der Waals surface area contributed by atoms with Crippen molar-refractivity contribution in [2.45, 2.75) is 12.3 Å². The Bertz CT molecular complexity index is 857. The van der Waals surface area contributed by atoms with E-state index in [1.54, 1.807) is 86.8 Å². The molecule has 8 nitrogen and oxygen atoms in total. The average molecular weight is 414 g/mol. The number of nitrogens with zero attached hydrogens (tertiary/aromatic N) is 2. The Labute approximate surface area is 175 Å². The highest BCUT2D eigenvalue weighted by atomic mass is 16.7. The number of hydrogen-bond donors (Lipinski definition) is 1. The van der Waals surface area contributed by atoms with E-state index in [1.165, 1.54) is 0 Å². The molecule has 0 radical (unpaired) electrons. The van der Waals surface area contributed by atoms with Crippen molar-refractivity contribution in [1.82, 2.24) is 9.55 Å². The van der Waals surface area contributed by atoms with Gasteiger partial charge in [-0.25, -0.2) is 4.98 Å². The third-order valence-electron chi connectivity index (χ3n) is 4.54. The largest absolute Gasteiger partial charge is 0.468 e. The topological polar surface area (TPSA) is 84.2 Å². The van der Waals surface area contributed by atoms with Crippen LogP contribution in [0.5, 0.6) is 11.5 Å². The van der Waals surface area contributed by atoms with Crippen LogP contribution in [0.2, 0.25) is 0 Å². The van der Waals surface area contributed by atoms with Crippen LogP contribution in [-0.2, 0) is 26.5 Å². The molecule has 0 saturated heterocycles. The molecule has 2 aromatic carbocycles. The molecule has 0 fully saturated rings. The Kier molecular flexibility index (Phi) is 7.42. The van der Waals surface area contributed by atoms with Crippen LogP contribution in [0, 0.1) is 0 Å². The number of aromatic nitrogens is 2. The average Bonchev–Trinajstić information content (AvgIpc) is 3.25. The Morgan fingerprint density at radius 2 is 1.30 bits per heavy atom. The van der Waals surface area contributed by atoms with Crippen molar-refractivity contribution < 1.29 is 28.8 Å². The second-order valence-corrected chi connectivity index (χ2v) is 6.50. The van der Waals surface area contributed by atoms with E-state index in [-0.39, 0.29) is 20.3 Å². The van der Waals surface area contributed by atoms with E-state index in [9.17, 15) is 5.11 Å². The minimum Gasteiger partial charge on any atom is -0.468 e. The summed E-state index contributed by atoms with van der Waals surface area (Å²) in [6, 6.07) is 14.3. The Morgan fingerprint density at radius 1 is 0.800 bits per heavy atom. The molecule has 0 spiro atoms. The van der Waals surface area contributed by atoms with Crippen molar-refractivity contribution >= 4 is 0 Å². The molecule has 0 atom stereocenters. The highest BCUT2D eigenvalue weighted by molar-refractivity contribution is 5.46. The molecule has 1 aromatic heterocycles. The number of imidazole rings is 1. The van der Waals surface area contributed by atoms with Crippen LogP contribution in [0.3, 0.4) is 0 Å². The van der Waals surface area contributed by atoms with E-state index in [4.69, 9.17) is 23.7 Å². The summed E-state index contributed by atoms with van der Waals surface area (Å²) in [5.74, 6) is 1.69. The third kappa shape index (κ3) is 4.63. The molecule has 3 rings (SSSR count). The van der Waals surface area contributed by atoms with Crippen molar-refractivity contribution in [2.75, 3.05) is 34.9 Å². The van der Waals surface area contributed by atoms with Crippen LogP contribution in [-0.4, -0.2) is 49.6 Å². The molecule has 30 heavy (non-hydrogen) atoms. The summed E-state index contributed by atoms with van der Waals surface area (Å²) in [7, 11) is 4.71. The molecule has 0 bridgehead atoms. The van der Waals surface area contributed by atoms with Gasteiger partial charge in [-0.2, -0.15) is 0 Å². The van der Waals surface area contributed by atoms with Crippen LogP contribution in [0.1, 0.15) is 17.0 Å². The van der Waals surface area contributed by atoms with Gasteiger partial charge in [-0.05, 0) is 35.4 Å². The lowest BCUT2D eigenvalue weighted by Gasteiger charge is -2.29. The minimum atomic E-state index is -1.53. The van der Waals surface area contributed by atoms with Crippen LogP contribution in [0.4, 0.5) is 0 Å². The molecule has 0 saturated carbocycles. The number of aliphatic hydroxyl groups is 1. The summed E-state index contributed by atoms with van der Waals surface area (Å²) in [6.45, 7) is 0.539. The quantitative estimate of drug-likeness (QED) is 0.483. The van der Waals surface area contributed by atoms with Gasteiger partial charge in [0.1, 0.15) is 18.2 Å². The lowest BCUT2D eigenvalue weighted by Crippen LogP contribution is -2.33. The van der Waals surface area contributed by atoms with Gasteiger partial charge >= 0.3 is 0 Å². The van der Waals surface area contributed by atoms with Gasteiger partial charge in [0.25, 0.3) is 0 Å². The number of ether oxygens (including phenoxy) is 5. The lowest BCUT2D eigenvalue weighted by atomic mass is 9.85. The molecule has 8 heteroatoms. The number of rotatable bonds is 11. The molecule has 160 valence electrons. The van der Waals surface area contributed by atoms with E-state index in [0.29, 0.717) is 28.5 Å². The Morgan fingerprint density at radius 3 is 1.73 bits per heavy atom. The van der Waals surface area contributed by atoms with Gasteiger partial charge < -0.3 is 33.4 Å². The molecular formula is C22H26N2O6. The zero-order valence-corrected chi connectivity index (χ0v) is 17.3. The zero-order chi connectivity index (χ0) is 21.4. The summed E-state index contributed by atoms with van der Waals surface area (Å²) in [4.78, 5) is 4.43. The third-order valence-corrected chi connectivity index (χ3v) is 4.54. The maximum absolute atomic E-state index is 12.0. The van der Waals surface area contributed by atoms with Crippen LogP contribution in [0.15, 0.2) is 60.9 Å². The van der Waals surface area contributed by atoms with Gasteiger partial charge in [-0.15, -0.1) is 0 Å². The highest BCUT2D eigenvalue weighted by Crippen LogP contribution is 2.37. The fraction of sp³-hybridized carbons (Fsp3) is 0.318. The first-order valence-electron chi connectivity index (χ1n) is 9.31.